The molecule has 2 aromatic heterocycles. The summed E-state index contributed by atoms with van der Waals surface area (Å²) in [4.78, 5) is 19.4. The summed E-state index contributed by atoms with van der Waals surface area (Å²) >= 11 is 1.18. The van der Waals surface area contributed by atoms with E-state index in [0.29, 0.717) is 21.7 Å². The van der Waals surface area contributed by atoms with Gasteiger partial charge in [-0.15, -0.1) is 10.2 Å². The van der Waals surface area contributed by atoms with E-state index in [2.05, 4.69) is 25.5 Å². The van der Waals surface area contributed by atoms with Gasteiger partial charge < -0.3 is 10.3 Å². The monoisotopic (exact) mass is 353 g/mol. The van der Waals surface area contributed by atoms with Gasteiger partial charge in [-0.2, -0.15) is 0 Å². The van der Waals surface area contributed by atoms with E-state index in [0.717, 1.165) is 11.2 Å². The van der Waals surface area contributed by atoms with Crippen molar-refractivity contribution in [3.8, 4) is 0 Å². The van der Waals surface area contributed by atoms with Gasteiger partial charge in [-0.3, -0.25) is 4.79 Å². The second-order valence-corrected chi connectivity index (χ2v) is 6.25. The van der Waals surface area contributed by atoms with Gasteiger partial charge in [-0.05, 0) is 30.3 Å². The number of carbonyl (C=O) groups excluding carboxylic acids is 1. The van der Waals surface area contributed by atoms with Crippen LogP contribution in [0.3, 0.4) is 0 Å². The van der Waals surface area contributed by atoms with Gasteiger partial charge in [0, 0.05) is 16.6 Å². The highest BCUT2D eigenvalue weighted by Gasteiger charge is 2.11. The maximum Gasteiger partial charge on any atom is 0.234 e. The van der Waals surface area contributed by atoms with Crippen LogP contribution in [0.25, 0.3) is 22.1 Å². The Bertz CT molecular complexity index is 1070. The van der Waals surface area contributed by atoms with Crippen molar-refractivity contribution >= 4 is 45.4 Å². The van der Waals surface area contributed by atoms with Crippen LogP contribution in [-0.2, 0) is 4.79 Å². The van der Waals surface area contributed by atoms with Gasteiger partial charge >= 0.3 is 0 Å². The number of anilines is 1. The number of thioether (sulfide) groups is 1. The number of nitrogens with one attached hydrogen (secondary N) is 2. The van der Waals surface area contributed by atoms with Gasteiger partial charge in [-0.1, -0.05) is 30.0 Å². The number of aromatic nitrogens is 4. The molecular weight excluding hydrogens is 341 g/mol. The lowest BCUT2D eigenvalue weighted by Crippen LogP contribution is -2.14. The van der Waals surface area contributed by atoms with Crippen LogP contribution in [0.5, 0.6) is 0 Å². The third-order valence-electron chi connectivity index (χ3n) is 3.55. The number of amides is 1. The number of nitrogens with zero attached hydrogens (tertiary/aromatic N) is 3. The predicted octanol–water partition coefficient (Wildman–Crippen LogP) is 3.38. The van der Waals surface area contributed by atoms with Gasteiger partial charge in [0.25, 0.3) is 0 Å². The Hall–Kier alpha value is -3.00. The average molecular weight is 353 g/mol. The second-order valence-electron chi connectivity index (χ2n) is 5.31. The fourth-order valence-corrected chi connectivity index (χ4v) is 3.03. The molecule has 25 heavy (non-hydrogen) atoms. The minimum Gasteiger partial charge on any atom is -0.338 e. The van der Waals surface area contributed by atoms with E-state index < -0.39 is 0 Å². The number of hydrogen-bond acceptors (Lipinski definition) is 5. The molecule has 4 rings (SSSR count). The Balaban J connectivity index is 1.50. The molecule has 0 saturated heterocycles. The van der Waals surface area contributed by atoms with E-state index in [4.69, 9.17) is 0 Å². The predicted molar refractivity (Wildman–Crippen MR) is 94.9 cm³/mol. The zero-order valence-electron chi connectivity index (χ0n) is 12.9. The Morgan fingerprint density at radius 2 is 2.00 bits per heavy atom. The van der Waals surface area contributed by atoms with Crippen LogP contribution in [0.2, 0.25) is 0 Å². The number of carbonyl (C=O) groups is 1. The van der Waals surface area contributed by atoms with Crippen LogP contribution in [0.4, 0.5) is 10.1 Å². The fourth-order valence-electron chi connectivity index (χ4n) is 2.44. The number of halogens is 1. The molecule has 0 aliphatic rings. The summed E-state index contributed by atoms with van der Waals surface area (Å²) in [5.74, 6) is -0.332. The van der Waals surface area contributed by atoms with Crippen molar-refractivity contribution in [1.82, 2.24) is 20.2 Å². The minimum absolute atomic E-state index is 0.154. The van der Waals surface area contributed by atoms with Crippen molar-refractivity contribution in [1.29, 1.82) is 0 Å². The van der Waals surface area contributed by atoms with Gasteiger partial charge in [0.1, 0.15) is 11.3 Å². The molecule has 0 aliphatic heterocycles. The lowest BCUT2D eigenvalue weighted by atomic mass is 10.2. The molecule has 0 saturated carbocycles. The fraction of sp³-hybridized carbons (Fsp3) is 0.0588. The van der Waals surface area contributed by atoms with E-state index in [9.17, 15) is 9.18 Å². The van der Waals surface area contributed by atoms with Crippen molar-refractivity contribution in [2.45, 2.75) is 5.16 Å². The summed E-state index contributed by atoms with van der Waals surface area (Å²) in [5.41, 5.74) is 2.50. The van der Waals surface area contributed by atoms with E-state index in [1.165, 1.54) is 23.9 Å². The lowest BCUT2D eigenvalue weighted by molar-refractivity contribution is -0.113. The standard InChI is InChI=1S/C17H12FN5OS/c18-10-6-7-13-12(8-10)15-16(20-13)21-17(23-22-15)25-9-14(24)19-11-4-2-1-3-5-11/h1-8H,9H2,(H,19,24)(H,20,21,23). The number of H-pyrrole nitrogens is 1. The molecule has 0 spiro atoms. The number of rotatable bonds is 4. The van der Waals surface area contributed by atoms with Crippen molar-refractivity contribution < 1.29 is 9.18 Å². The molecule has 124 valence electrons. The van der Waals surface area contributed by atoms with Crippen LogP contribution < -0.4 is 5.32 Å². The Labute approximate surface area is 145 Å². The maximum absolute atomic E-state index is 13.4. The van der Waals surface area contributed by atoms with Crippen molar-refractivity contribution in [3.63, 3.8) is 0 Å². The number of para-hydroxylation sites is 1. The molecule has 0 atom stereocenters. The topological polar surface area (TPSA) is 83.6 Å². The van der Waals surface area contributed by atoms with Crippen LogP contribution in [0.15, 0.2) is 53.7 Å². The van der Waals surface area contributed by atoms with Crippen LogP contribution >= 0.6 is 11.8 Å². The highest BCUT2D eigenvalue weighted by molar-refractivity contribution is 7.99. The molecule has 6 nitrogen and oxygen atoms in total. The van der Waals surface area contributed by atoms with E-state index in [1.807, 2.05) is 30.3 Å². The maximum atomic E-state index is 13.4. The normalized spacial score (nSPS) is 11.1. The Morgan fingerprint density at radius 1 is 1.16 bits per heavy atom. The molecule has 0 fully saturated rings. The summed E-state index contributed by atoms with van der Waals surface area (Å²) in [7, 11) is 0. The highest BCUT2D eigenvalue weighted by Crippen LogP contribution is 2.24. The molecule has 2 N–H and O–H groups in total. The first-order chi connectivity index (χ1) is 12.2. The first kappa shape index (κ1) is 15.5. The van der Waals surface area contributed by atoms with Crippen molar-refractivity contribution in [3.05, 3.63) is 54.3 Å². The SMILES string of the molecule is O=C(CSc1nnc2c(n1)[nH]c1ccc(F)cc12)Nc1ccccc1. The third-order valence-corrected chi connectivity index (χ3v) is 4.38. The summed E-state index contributed by atoms with van der Waals surface area (Å²) < 4.78 is 13.4. The van der Waals surface area contributed by atoms with Gasteiger partial charge in [0.2, 0.25) is 11.1 Å². The van der Waals surface area contributed by atoms with E-state index >= 15 is 0 Å². The lowest BCUT2D eigenvalue weighted by Gasteiger charge is -2.03. The molecule has 2 heterocycles. The quantitative estimate of drug-likeness (QED) is 0.550. The number of benzene rings is 2. The minimum atomic E-state index is -0.341. The largest absolute Gasteiger partial charge is 0.338 e. The average Bonchev–Trinajstić information content (AvgIpc) is 2.98. The molecule has 0 unspecified atom stereocenters. The molecule has 0 bridgehead atoms. The first-order valence-electron chi connectivity index (χ1n) is 7.48. The summed E-state index contributed by atoms with van der Waals surface area (Å²) in [6.07, 6.45) is 0. The molecular formula is C17H12FN5OS. The summed E-state index contributed by atoms with van der Waals surface area (Å²) in [5, 5.41) is 11.9. The molecule has 0 aliphatic carbocycles. The highest BCUT2D eigenvalue weighted by atomic mass is 32.2. The van der Waals surface area contributed by atoms with E-state index in [-0.39, 0.29) is 17.5 Å². The summed E-state index contributed by atoms with van der Waals surface area (Å²) in [6.45, 7) is 0. The van der Waals surface area contributed by atoms with Crippen molar-refractivity contribution in [2.75, 3.05) is 11.1 Å². The molecule has 2 aromatic carbocycles. The Kier molecular flexibility index (Phi) is 4.02. The van der Waals surface area contributed by atoms with Crippen LogP contribution in [-0.4, -0.2) is 31.8 Å². The number of hydrogen-bond donors (Lipinski definition) is 2. The van der Waals surface area contributed by atoms with Gasteiger partial charge in [0.15, 0.2) is 5.65 Å². The molecule has 0 radical (unpaired) electrons. The molecule has 4 aromatic rings. The first-order valence-corrected chi connectivity index (χ1v) is 8.47. The zero-order chi connectivity index (χ0) is 17.2. The van der Waals surface area contributed by atoms with Crippen LogP contribution in [0, 0.1) is 5.82 Å². The smallest absolute Gasteiger partial charge is 0.234 e. The summed E-state index contributed by atoms with van der Waals surface area (Å²) in [6, 6.07) is 13.6. The van der Waals surface area contributed by atoms with Gasteiger partial charge in [0.05, 0.1) is 5.75 Å². The second kappa shape index (κ2) is 6.48. The van der Waals surface area contributed by atoms with Crippen molar-refractivity contribution in [2.24, 2.45) is 0 Å². The van der Waals surface area contributed by atoms with Crippen LogP contribution in [0.1, 0.15) is 0 Å². The molecule has 1 amide bonds. The number of fused-ring (bicyclic) bond motifs is 3. The number of aromatic amines is 1. The van der Waals surface area contributed by atoms with E-state index in [1.54, 1.807) is 6.07 Å². The Morgan fingerprint density at radius 3 is 2.84 bits per heavy atom. The zero-order valence-corrected chi connectivity index (χ0v) is 13.7. The third kappa shape index (κ3) is 3.29. The van der Waals surface area contributed by atoms with Gasteiger partial charge in [-0.25, -0.2) is 9.37 Å². The molecule has 8 heteroatoms.